The molecule has 0 aromatic heterocycles. The van der Waals surface area contributed by atoms with E-state index in [4.69, 9.17) is 5.41 Å². The third-order valence-electron chi connectivity index (χ3n) is 2.79. The van der Waals surface area contributed by atoms with Gasteiger partial charge >= 0.3 is 0 Å². The van der Waals surface area contributed by atoms with Gasteiger partial charge in [-0.1, -0.05) is 0 Å². The van der Waals surface area contributed by atoms with Gasteiger partial charge < -0.3 is 4.90 Å². The second-order valence-corrected chi connectivity index (χ2v) is 3.90. The van der Waals surface area contributed by atoms with Crippen LogP contribution in [0.1, 0.15) is 24.8 Å². The van der Waals surface area contributed by atoms with E-state index in [0.29, 0.717) is 5.84 Å². The fraction of sp³-hybridized carbons (Fsp3) is 0.417. The largest absolute Gasteiger partial charge is 0.357 e. The Morgan fingerprint density at radius 2 is 1.67 bits per heavy atom. The van der Waals surface area contributed by atoms with Crippen LogP contribution in [0.5, 0.6) is 0 Å². The summed E-state index contributed by atoms with van der Waals surface area (Å²) in [5.41, 5.74) is 0.804. The van der Waals surface area contributed by atoms with Gasteiger partial charge in [0.2, 0.25) is 0 Å². The molecular weight excluding hydrogens is 191 g/mol. The smallest absolute Gasteiger partial charge is 0.128 e. The molecule has 1 heterocycles. The van der Waals surface area contributed by atoms with Crippen LogP contribution in [0.4, 0.5) is 4.39 Å². The van der Waals surface area contributed by atoms with Crippen molar-refractivity contribution in [2.24, 2.45) is 0 Å². The summed E-state index contributed by atoms with van der Waals surface area (Å²) in [6.45, 7) is 1.91. The lowest BCUT2D eigenvalue weighted by atomic mass is 10.1. The van der Waals surface area contributed by atoms with E-state index in [-0.39, 0.29) is 5.82 Å². The normalized spacial score (nSPS) is 16.5. The maximum Gasteiger partial charge on any atom is 0.128 e. The highest BCUT2D eigenvalue weighted by Crippen LogP contribution is 2.13. The molecule has 3 heteroatoms. The minimum Gasteiger partial charge on any atom is -0.357 e. The zero-order valence-corrected chi connectivity index (χ0v) is 8.67. The van der Waals surface area contributed by atoms with Crippen molar-refractivity contribution in [1.82, 2.24) is 4.90 Å². The van der Waals surface area contributed by atoms with Gasteiger partial charge in [-0.2, -0.15) is 0 Å². The molecule has 1 N–H and O–H groups in total. The molecule has 0 saturated carbocycles. The van der Waals surface area contributed by atoms with E-state index in [9.17, 15) is 4.39 Å². The first kappa shape index (κ1) is 10.1. The molecule has 0 unspecified atom stereocenters. The average molecular weight is 206 g/mol. The van der Waals surface area contributed by atoms with Crippen LogP contribution in [0.2, 0.25) is 0 Å². The Morgan fingerprint density at radius 3 is 2.27 bits per heavy atom. The molecule has 80 valence electrons. The minimum atomic E-state index is -0.245. The van der Waals surface area contributed by atoms with Gasteiger partial charge in [0.05, 0.1) is 0 Å². The average Bonchev–Trinajstić information content (AvgIpc) is 2.30. The van der Waals surface area contributed by atoms with E-state index in [1.807, 2.05) is 0 Å². The third-order valence-corrected chi connectivity index (χ3v) is 2.79. The van der Waals surface area contributed by atoms with Crippen molar-refractivity contribution in [3.05, 3.63) is 35.6 Å². The van der Waals surface area contributed by atoms with Gasteiger partial charge in [0.25, 0.3) is 0 Å². The molecule has 1 saturated heterocycles. The summed E-state index contributed by atoms with van der Waals surface area (Å²) >= 11 is 0. The van der Waals surface area contributed by atoms with E-state index >= 15 is 0 Å². The number of nitrogens with zero attached hydrogens (tertiary/aromatic N) is 1. The van der Waals surface area contributed by atoms with E-state index < -0.39 is 0 Å². The lowest BCUT2D eigenvalue weighted by molar-refractivity contribution is 0.341. The first-order valence-electron chi connectivity index (χ1n) is 5.37. The zero-order chi connectivity index (χ0) is 10.7. The monoisotopic (exact) mass is 206 g/mol. The Labute approximate surface area is 89.2 Å². The maximum atomic E-state index is 12.7. The SMILES string of the molecule is N=C(c1ccc(F)cc1)N1CCCCC1. The van der Waals surface area contributed by atoms with Gasteiger partial charge in [-0.25, -0.2) is 4.39 Å². The molecule has 0 bridgehead atoms. The number of nitrogens with one attached hydrogen (secondary N) is 1. The zero-order valence-electron chi connectivity index (χ0n) is 8.67. The van der Waals surface area contributed by atoms with E-state index in [1.165, 1.54) is 18.6 Å². The van der Waals surface area contributed by atoms with E-state index in [2.05, 4.69) is 4.90 Å². The van der Waals surface area contributed by atoms with Crippen molar-refractivity contribution >= 4 is 5.84 Å². The van der Waals surface area contributed by atoms with Gasteiger partial charge in [-0.3, -0.25) is 5.41 Å². The quantitative estimate of drug-likeness (QED) is 0.555. The topological polar surface area (TPSA) is 27.1 Å². The third kappa shape index (κ3) is 2.35. The summed E-state index contributed by atoms with van der Waals surface area (Å²) < 4.78 is 12.7. The number of halogens is 1. The molecule has 0 radical (unpaired) electrons. The number of piperidine rings is 1. The highest BCUT2D eigenvalue weighted by molar-refractivity contribution is 5.96. The molecule has 2 nitrogen and oxygen atoms in total. The Bertz CT molecular complexity index is 339. The van der Waals surface area contributed by atoms with Gasteiger partial charge in [0, 0.05) is 18.7 Å². The molecule has 1 aliphatic rings. The summed E-state index contributed by atoms with van der Waals surface area (Å²) in [7, 11) is 0. The predicted octanol–water partition coefficient (Wildman–Crippen LogP) is 2.64. The van der Waals surface area contributed by atoms with Crippen LogP contribution in [-0.4, -0.2) is 23.8 Å². The molecule has 0 atom stereocenters. The summed E-state index contributed by atoms with van der Waals surface area (Å²) in [6.07, 6.45) is 3.57. The molecule has 1 aliphatic heterocycles. The van der Waals surface area contributed by atoms with Gasteiger partial charge in [0.15, 0.2) is 0 Å². The number of rotatable bonds is 1. The van der Waals surface area contributed by atoms with E-state index in [1.54, 1.807) is 12.1 Å². The van der Waals surface area contributed by atoms with E-state index in [0.717, 1.165) is 31.5 Å². The van der Waals surface area contributed by atoms with Crippen molar-refractivity contribution in [2.45, 2.75) is 19.3 Å². The molecule has 0 amide bonds. The second kappa shape index (κ2) is 4.43. The molecule has 0 spiro atoms. The fourth-order valence-corrected chi connectivity index (χ4v) is 1.91. The summed E-state index contributed by atoms with van der Waals surface area (Å²) in [6, 6.07) is 6.17. The van der Waals surface area contributed by atoms with Crippen molar-refractivity contribution in [3.8, 4) is 0 Å². The van der Waals surface area contributed by atoms with Crippen LogP contribution in [0.15, 0.2) is 24.3 Å². The van der Waals surface area contributed by atoms with Crippen LogP contribution < -0.4 is 0 Å². The Morgan fingerprint density at radius 1 is 1.07 bits per heavy atom. The van der Waals surface area contributed by atoms with Crippen LogP contribution in [0, 0.1) is 11.2 Å². The Hall–Kier alpha value is -1.38. The van der Waals surface area contributed by atoms with Gasteiger partial charge in [-0.15, -0.1) is 0 Å². The second-order valence-electron chi connectivity index (χ2n) is 3.90. The molecular formula is C12H15FN2. The number of amidine groups is 1. The van der Waals surface area contributed by atoms with Gasteiger partial charge in [-0.05, 0) is 43.5 Å². The standard InChI is InChI=1S/C12H15FN2/c13-11-6-4-10(5-7-11)12(14)15-8-2-1-3-9-15/h4-7,14H,1-3,8-9H2. The summed E-state index contributed by atoms with van der Waals surface area (Å²) in [4.78, 5) is 2.07. The molecule has 1 aromatic carbocycles. The number of hydrogen-bond donors (Lipinski definition) is 1. The van der Waals surface area contributed by atoms with Crippen LogP contribution in [0.25, 0.3) is 0 Å². The van der Waals surface area contributed by atoms with Crippen molar-refractivity contribution in [1.29, 1.82) is 5.41 Å². The number of likely N-dealkylation sites (tertiary alicyclic amines) is 1. The first-order chi connectivity index (χ1) is 7.27. The minimum absolute atomic E-state index is 0.245. The van der Waals surface area contributed by atoms with Gasteiger partial charge in [0.1, 0.15) is 11.7 Å². The fourth-order valence-electron chi connectivity index (χ4n) is 1.91. The molecule has 1 fully saturated rings. The molecule has 15 heavy (non-hydrogen) atoms. The molecule has 1 aromatic rings. The number of hydrogen-bond acceptors (Lipinski definition) is 1. The highest BCUT2D eigenvalue weighted by Gasteiger charge is 2.14. The first-order valence-corrected chi connectivity index (χ1v) is 5.37. The lowest BCUT2D eigenvalue weighted by Crippen LogP contribution is -2.35. The predicted molar refractivity (Wildman–Crippen MR) is 58.7 cm³/mol. The van der Waals surface area contributed by atoms with Crippen LogP contribution in [-0.2, 0) is 0 Å². The summed E-state index contributed by atoms with van der Waals surface area (Å²) in [5.74, 6) is 0.278. The molecule has 2 rings (SSSR count). The maximum absolute atomic E-state index is 12.7. The van der Waals surface area contributed by atoms with Crippen LogP contribution >= 0.6 is 0 Å². The molecule has 0 aliphatic carbocycles. The van der Waals surface area contributed by atoms with Crippen molar-refractivity contribution in [3.63, 3.8) is 0 Å². The highest BCUT2D eigenvalue weighted by atomic mass is 19.1. The number of benzene rings is 1. The van der Waals surface area contributed by atoms with Crippen molar-refractivity contribution in [2.75, 3.05) is 13.1 Å². The Balaban J connectivity index is 2.09. The van der Waals surface area contributed by atoms with Crippen molar-refractivity contribution < 1.29 is 4.39 Å². The Kier molecular flexibility index (Phi) is 2.99. The lowest BCUT2D eigenvalue weighted by Gasteiger charge is -2.29. The summed E-state index contributed by atoms with van der Waals surface area (Å²) in [5, 5.41) is 8.00. The van der Waals surface area contributed by atoms with Crippen LogP contribution in [0.3, 0.4) is 0 Å².